The summed E-state index contributed by atoms with van der Waals surface area (Å²) in [6, 6.07) is 10.4. The average molecular weight is 163 g/mol. The van der Waals surface area contributed by atoms with E-state index in [0.717, 1.165) is 19.4 Å². The van der Waals surface area contributed by atoms with E-state index in [1.165, 1.54) is 5.56 Å². The van der Waals surface area contributed by atoms with Crippen LogP contribution in [0.25, 0.3) is 0 Å². The van der Waals surface area contributed by atoms with Gasteiger partial charge in [-0.05, 0) is 25.3 Å². The molecule has 0 aromatic heterocycles. The predicted molar refractivity (Wildman–Crippen MR) is 50.7 cm³/mol. The third-order valence-corrected chi connectivity index (χ3v) is 1.68. The minimum absolute atomic E-state index is 0.773. The zero-order chi connectivity index (χ0) is 8.65. The number of rotatable bonds is 5. The monoisotopic (exact) mass is 163 g/mol. The van der Waals surface area contributed by atoms with Crippen LogP contribution in [0.3, 0.4) is 0 Å². The van der Waals surface area contributed by atoms with E-state index in [1.54, 1.807) is 0 Å². The highest BCUT2D eigenvalue weighted by molar-refractivity contribution is 5.14. The van der Waals surface area contributed by atoms with E-state index in [4.69, 9.17) is 4.74 Å². The van der Waals surface area contributed by atoms with Crippen molar-refractivity contribution in [3.63, 3.8) is 0 Å². The molecule has 1 nitrogen and oxygen atoms in total. The van der Waals surface area contributed by atoms with Gasteiger partial charge in [-0.2, -0.15) is 0 Å². The number of hydrogen-bond acceptors (Lipinski definition) is 1. The Labute approximate surface area is 74.4 Å². The van der Waals surface area contributed by atoms with Crippen molar-refractivity contribution in [2.45, 2.75) is 19.8 Å². The Balaban J connectivity index is 2.16. The molecule has 1 aromatic carbocycles. The molecular weight excluding hydrogens is 148 g/mol. The summed E-state index contributed by atoms with van der Waals surface area (Å²) in [6.07, 6.45) is 2.07. The van der Waals surface area contributed by atoms with E-state index < -0.39 is 0 Å². The van der Waals surface area contributed by atoms with Crippen LogP contribution in [0.4, 0.5) is 0 Å². The fourth-order valence-electron chi connectivity index (χ4n) is 1.07. The molecule has 1 heteroatoms. The van der Waals surface area contributed by atoms with E-state index in [1.807, 2.05) is 19.6 Å². The molecule has 1 rings (SSSR count). The number of hydrogen-bond donors (Lipinski definition) is 0. The Hall–Kier alpha value is -0.820. The molecule has 0 heterocycles. The van der Waals surface area contributed by atoms with Crippen LogP contribution < -0.4 is 0 Å². The molecule has 0 fully saturated rings. The average Bonchev–Trinajstić information content (AvgIpc) is 2.14. The van der Waals surface area contributed by atoms with Gasteiger partial charge in [0.25, 0.3) is 0 Å². The molecule has 0 bridgehead atoms. The summed E-state index contributed by atoms with van der Waals surface area (Å²) >= 11 is 0. The highest BCUT2D eigenvalue weighted by Gasteiger charge is 1.91. The lowest BCUT2D eigenvalue weighted by molar-refractivity contribution is 0.208. The largest absolute Gasteiger partial charge is 0.376 e. The van der Waals surface area contributed by atoms with Gasteiger partial charge >= 0.3 is 0 Å². The SMILES string of the molecule is CCO[CH]CCc1ccccc1. The highest BCUT2D eigenvalue weighted by atomic mass is 16.5. The van der Waals surface area contributed by atoms with Crippen molar-refractivity contribution in [1.82, 2.24) is 0 Å². The summed E-state index contributed by atoms with van der Waals surface area (Å²) < 4.78 is 5.13. The minimum atomic E-state index is 0.773. The summed E-state index contributed by atoms with van der Waals surface area (Å²) in [7, 11) is 0. The van der Waals surface area contributed by atoms with Crippen LogP contribution in [0.2, 0.25) is 0 Å². The zero-order valence-electron chi connectivity index (χ0n) is 7.49. The third kappa shape index (κ3) is 3.54. The van der Waals surface area contributed by atoms with Crippen LogP contribution in [-0.2, 0) is 11.2 Å². The van der Waals surface area contributed by atoms with Gasteiger partial charge < -0.3 is 4.74 Å². The topological polar surface area (TPSA) is 9.23 Å². The first-order chi connectivity index (χ1) is 5.93. The molecule has 0 saturated heterocycles. The first kappa shape index (κ1) is 9.27. The van der Waals surface area contributed by atoms with E-state index in [-0.39, 0.29) is 0 Å². The normalized spacial score (nSPS) is 10.1. The van der Waals surface area contributed by atoms with Crippen LogP contribution >= 0.6 is 0 Å². The zero-order valence-corrected chi connectivity index (χ0v) is 7.49. The molecule has 0 unspecified atom stereocenters. The predicted octanol–water partition coefficient (Wildman–Crippen LogP) is 2.82. The Morgan fingerprint density at radius 2 is 2.00 bits per heavy atom. The van der Waals surface area contributed by atoms with Crippen LogP contribution in [-0.4, -0.2) is 6.61 Å². The van der Waals surface area contributed by atoms with Gasteiger partial charge in [-0.1, -0.05) is 30.3 Å². The lowest BCUT2D eigenvalue weighted by Crippen LogP contribution is -1.89. The molecule has 1 aromatic rings. The fourth-order valence-corrected chi connectivity index (χ4v) is 1.07. The van der Waals surface area contributed by atoms with Crippen LogP contribution in [0.15, 0.2) is 30.3 Å². The fraction of sp³-hybridized carbons (Fsp3) is 0.364. The quantitative estimate of drug-likeness (QED) is 0.606. The Bertz CT molecular complexity index is 193. The highest BCUT2D eigenvalue weighted by Crippen LogP contribution is 2.03. The van der Waals surface area contributed by atoms with Crippen molar-refractivity contribution in [3.05, 3.63) is 42.5 Å². The maximum atomic E-state index is 5.13. The van der Waals surface area contributed by atoms with Gasteiger partial charge in [0.1, 0.15) is 0 Å². The molecule has 0 aliphatic carbocycles. The molecule has 0 aliphatic heterocycles. The molecule has 65 valence electrons. The number of aryl methyl sites for hydroxylation is 1. The molecule has 0 amide bonds. The van der Waals surface area contributed by atoms with Crippen molar-refractivity contribution in [1.29, 1.82) is 0 Å². The van der Waals surface area contributed by atoms with E-state index >= 15 is 0 Å². The van der Waals surface area contributed by atoms with Crippen molar-refractivity contribution in [3.8, 4) is 0 Å². The van der Waals surface area contributed by atoms with Gasteiger partial charge in [0, 0.05) is 6.61 Å². The van der Waals surface area contributed by atoms with Crippen molar-refractivity contribution in [2.24, 2.45) is 0 Å². The summed E-state index contributed by atoms with van der Waals surface area (Å²) in [5.74, 6) is 0. The second-order valence-corrected chi connectivity index (χ2v) is 2.65. The maximum Gasteiger partial charge on any atom is 0.0839 e. The molecule has 1 radical (unpaired) electrons. The lowest BCUT2D eigenvalue weighted by Gasteiger charge is -2.00. The van der Waals surface area contributed by atoms with Crippen LogP contribution in [0.5, 0.6) is 0 Å². The first-order valence-electron chi connectivity index (χ1n) is 4.40. The smallest absolute Gasteiger partial charge is 0.0839 e. The Morgan fingerprint density at radius 1 is 1.25 bits per heavy atom. The second kappa shape index (κ2) is 5.78. The van der Waals surface area contributed by atoms with Crippen molar-refractivity contribution in [2.75, 3.05) is 6.61 Å². The summed E-state index contributed by atoms with van der Waals surface area (Å²) in [4.78, 5) is 0. The molecule has 0 saturated carbocycles. The summed E-state index contributed by atoms with van der Waals surface area (Å²) in [5.41, 5.74) is 1.37. The second-order valence-electron chi connectivity index (χ2n) is 2.65. The molecule has 0 aliphatic rings. The standard InChI is InChI=1S/C11H15O/c1-2-12-10-6-9-11-7-4-3-5-8-11/h3-5,7-8,10H,2,6,9H2,1H3. The summed E-state index contributed by atoms with van der Waals surface area (Å²) in [6.45, 7) is 4.65. The van der Waals surface area contributed by atoms with Gasteiger partial charge in [-0.15, -0.1) is 0 Å². The van der Waals surface area contributed by atoms with E-state index in [0.29, 0.717) is 0 Å². The molecule has 0 spiro atoms. The first-order valence-corrected chi connectivity index (χ1v) is 4.40. The van der Waals surface area contributed by atoms with E-state index in [2.05, 4.69) is 24.3 Å². The van der Waals surface area contributed by atoms with Crippen molar-refractivity contribution < 1.29 is 4.74 Å². The Kier molecular flexibility index (Phi) is 4.47. The van der Waals surface area contributed by atoms with Crippen LogP contribution in [0.1, 0.15) is 18.9 Å². The molecular formula is C11H15O. The van der Waals surface area contributed by atoms with E-state index in [9.17, 15) is 0 Å². The van der Waals surface area contributed by atoms with Gasteiger partial charge in [-0.3, -0.25) is 0 Å². The van der Waals surface area contributed by atoms with Gasteiger partial charge in [-0.25, -0.2) is 0 Å². The summed E-state index contributed by atoms with van der Waals surface area (Å²) in [5, 5.41) is 0. The van der Waals surface area contributed by atoms with Crippen molar-refractivity contribution >= 4 is 0 Å². The minimum Gasteiger partial charge on any atom is -0.376 e. The number of benzene rings is 1. The maximum absolute atomic E-state index is 5.13. The molecule has 0 N–H and O–H groups in total. The molecule has 12 heavy (non-hydrogen) atoms. The third-order valence-electron chi connectivity index (χ3n) is 1.68. The molecule has 0 atom stereocenters. The van der Waals surface area contributed by atoms with Crippen LogP contribution in [0, 0.1) is 6.61 Å². The van der Waals surface area contributed by atoms with Gasteiger partial charge in [0.2, 0.25) is 0 Å². The van der Waals surface area contributed by atoms with Gasteiger partial charge in [0.05, 0.1) is 6.61 Å². The Morgan fingerprint density at radius 3 is 2.67 bits per heavy atom. The lowest BCUT2D eigenvalue weighted by atomic mass is 10.1. The number of ether oxygens (including phenoxy) is 1. The van der Waals surface area contributed by atoms with Gasteiger partial charge in [0.15, 0.2) is 0 Å².